The quantitative estimate of drug-likeness (QED) is 0.185. The van der Waals surface area contributed by atoms with Gasteiger partial charge in [0.15, 0.2) is 11.5 Å². The first kappa shape index (κ1) is 29.5. The predicted molar refractivity (Wildman–Crippen MR) is 218 cm³/mol. The lowest BCUT2D eigenvalue weighted by Gasteiger charge is -2.34. The first-order chi connectivity index (χ1) is 26.8. The topological polar surface area (TPSA) is 25.6 Å². The van der Waals surface area contributed by atoms with Crippen molar-refractivity contribution in [1.29, 1.82) is 0 Å². The number of furan rings is 1. The van der Waals surface area contributed by atoms with E-state index in [0.717, 1.165) is 73.1 Å². The summed E-state index contributed by atoms with van der Waals surface area (Å²) in [6, 6.07) is 67.5. The predicted octanol–water partition coefficient (Wildman–Crippen LogP) is 13.7. The Kier molecular flexibility index (Phi) is 5.98. The van der Waals surface area contributed by atoms with Crippen LogP contribution in [0, 0.1) is 0 Å². The Morgan fingerprint density at radius 2 is 0.963 bits per heavy atom. The molecular weight excluding hydrogens is 659 g/mol. The van der Waals surface area contributed by atoms with Gasteiger partial charge in [0.25, 0.3) is 0 Å². The van der Waals surface area contributed by atoms with E-state index in [1.807, 2.05) is 0 Å². The second-order valence-electron chi connectivity index (χ2n) is 14.4. The van der Waals surface area contributed by atoms with Crippen LogP contribution in [-0.2, 0) is 5.41 Å². The summed E-state index contributed by atoms with van der Waals surface area (Å²) < 4.78 is 13.5. The molecule has 54 heavy (non-hydrogen) atoms. The number of rotatable bonds is 3. The lowest BCUT2D eigenvalue weighted by Crippen LogP contribution is -2.26. The molecule has 0 saturated heterocycles. The van der Waals surface area contributed by atoms with Gasteiger partial charge < -0.3 is 14.1 Å². The zero-order valence-corrected chi connectivity index (χ0v) is 29.2. The highest BCUT2D eigenvalue weighted by Gasteiger charge is 2.54. The van der Waals surface area contributed by atoms with Gasteiger partial charge in [0, 0.05) is 22.2 Å². The molecule has 3 nitrogen and oxygen atoms in total. The van der Waals surface area contributed by atoms with Crippen LogP contribution in [0.2, 0.25) is 0 Å². The Bertz CT molecular complexity index is 2890. The number of ether oxygens (including phenoxy) is 1. The zero-order chi connectivity index (χ0) is 35.4. The van der Waals surface area contributed by atoms with Crippen LogP contribution in [0.5, 0.6) is 11.5 Å². The summed E-state index contributed by atoms with van der Waals surface area (Å²) in [7, 11) is 0. The van der Waals surface area contributed by atoms with E-state index in [0.29, 0.717) is 0 Å². The van der Waals surface area contributed by atoms with E-state index in [1.54, 1.807) is 0 Å². The fourth-order valence-electron chi connectivity index (χ4n) is 9.43. The summed E-state index contributed by atoms with van der Waals surface area (Å²) in [6.45, 7) is 0. The van der Waals surface area contributed by atoms with E-state index in [2.05, 4.69) is 193 Å². The Balaban J connectivity index is 1.09. The Labute approximate surface area is 313 Å². The maximum atomic E-state index is 6.84. The second kappa shape index (κ2) is 11.0. The van der Waals surface area contributed by atoms with Crippen LogP contribution in [0.4, 0.5) is 17.1 Å². The third kappa shape index (κ3) is 3.90. The molecule has 0 fully saturated rings. The molecule has 1 unspecified atom stereocenters. The lowest BCUT2D eigenvalue weighted by molar-refractivity contribution is 0.477. The molecule has 0 saturated carbocycles. The number of hydrogen-bond acceptors (Lipinski definition) is 3. The first-order valence-corrected chi connectivity index (χ1v) is 18.5. The van der Waals surface area contributed by atoms with Gasteiger partial charge in [0.1, 0.15) is 11.3 Å². The van der Waals surface area contributed by atoms with E-state index < -0.39 is 5.41 Å². The van der Waals surface area contributed by atoms with Crippen LogP contribution in [0.25, 0.3) is 55.7 Å². The van der Waals surface area contributed by atoms with Gasteiger partial charge in [0.05, 0.1) is 16.8 Å². The minimum atomic E-state index is -0.501. The monoisotopic (exact) mass is 689 g/mol. The first-order valence-electron chi connectivity index (χ1n) is 18.5. The van der Waals surface area contributed by atoms with Crippen molar-refractivity contribution in [2.24, 2.45) is 0 Å². The maximum Gasteiger partial charge on any atom is 0.152 e. The lowest BCUT2D eigenvalue weighted by atomic mass is 9.70. The second-order valence-corrected chi connectivity index (χ2v) is 14.4. The third-order valence-electron chi connectivity index (χ3n) is 11.7. The molecule has 1 aliphatic heterocycles. The summed E-state index contributed by atoms with van der Waals surface area (Å²) in [5.74, 6) is 2.62. The molecule has 9 aromatic rings. The molecule has 0 radical (unpaired) electrons. The summed E-state index contributed by atoms with van der Waals surface area (Å²) in [5, 5.41) is 1.16. The summed E-state index contributed by atoms with van der Waals surface area (Å²) in [4.78, 5) is 2.37. The fourth-order valence-corrected chi connectivity index (χ4v) is 9.43. The highest BCUT2D eigenvalue weighted by atomic mass is 16.5. The number of benzene rings is 8. The standard InChI is InChI=1S/C51H31NO2/c1-3-13-32(14-4-1)34-23-27-44-47(29-34)53-48-30-35(33-15-5-2-6-16-33)24-28-45(48)52(44)36-25-26-43-40(31-36)37-17-7-10-20-41(37)51(43)42-21-11-8-18-38(42)50-49(51)39-19-9-12-22-46(39)54-50/h1-31H. The largest absolute Gasteiger partial charge is 0.456 e. The minimum absolute atomic E-state index is 0.501. The van der Waals surface area contributed by atoms with Crippen molar-refractivity contribution >= 4 is 28.0 Å². The van der Waals surface area contributed by atoms with Gasteiger partial charge in [-0.1, -0.05) is 146 Å². The van der Waals surface area contributed by atoms with Crippen LogP contribution in [0.1, 0.15) is 22.3 Å². The summed E-state index contributed by atoms with van der Waals surface area (Å²) in [5.41, 5.74) is 16.8. The van der Waals surface area contributed by atoms with Crippen LogP contribution >= 0.6 is 0 Å². The van der Waals surface area contributed by atoms with Crippen LogP contribution in [0.15, 0.2) is 192 Å². The van der Waals surface area contributed by atoms with Crippen molar-refractivity contribution < 1.29 is 9.15 Å². The highest BCUT2D eigenvalue weighted by molar-refractivity contribution is 6.03. The average molecular weight is 690 g/mol. The molecular formula is C51H31NO2. The van der Waals surface area contributed by atoms with Crippen molar-refractivity contribution in [3.8, 4) is 56.2 Å². The molecule has 1 aromatic heterocycles. The zero-order valence-electron chi connectivity index (χ0n) is 29.2. The van der Waals surface area contributed by atoms with E-state index in [9.17, 15) is 0 Å². The van der Waals surface area contributed by atoms with E-state index >= 15 is 0 Å². The Morgan fingerprint density at radius 3 is 1.65 bits per heavy atom. The van der Waals surface area contributed by atoms with Crippen LogP contribution in [0.3, 0.4) is 0 Å². The molecule has 0 N–H and O–H groups in total. The number of nitrogens with zero attached hydrogens (tertiary/aromatic N) is 1. The van der Waals surface area contributed by atoms with Crippen molar-refractivity contribution in [1.82, 2.24) is 0 Å². The van der Waals surface area contributed by atoms with E-state index in [-0.39, 0.29) is 0 Å². The summed E-state index contributed by atoms with van der Waals surface area (Å²) >= 11 is 0. The smallest absolute Gasteiger partial charge is 0.152 e. The number of para-hydroxylation sites is 1. The van der Waals surface area contributed by atoms with Gasteiger partial charge in [0.2, 0.25) is 0 Å². The van der Waals surface area contributed by atoms with Crippen molar-refractivity contribution in [2.45, 2.75) is 5.41 Å². The third-order valence-corrected chi connectivity index (χ3v) is 11.7. The van der Waals surface area contributed by atoms with Crippen molar-refractivity contribution in [2.75, 3.05) is 4.90 Å². The Hall–Kier alpha value is -7.10. The highest BCUT2D eigenvalue weighted by Crippen LogP contribution is 2.65. The Morgan fingerprint density at radius 1 is 0.407 bits per heavy atom. The molecule has 3 heteroatoms. The average Bonchev–Trinajstić information content (AvgIpc) is 3.86. The maximum absolute atomic E-state index is 6.84. The molecule has 0 bridgehead atoms. The molecule has 2 aliphatic carbocycles. The van der Waals surface area contributed by atoms with Gasteiger partial charge in [-0.05, 0) is 92.5 Å². The number of hydrogen-bond donors (Lipinski definition) is 0. The minimum Gasteiger partial charge on any atom is -0.456 e. The van der Waals surface area contributed by atoms with Crippen LogP contribution in [-0.4, -0.2) is 0 Å². The number of fused-ring (bicyclic) bond motifs is 14. The number of anilines is 3. The molecule has 8 aromatic carbocycles. The van der Waals surface area contributed by atoms with Crippen molar-refractivity contribution in [3.05, 3.63) is 210 Å². The van der Waals surface area contributed by atoms with Gasteiger partial charge in [-0.3, -0.25) is 0 Å². The molecule has 12 rings (SSSR count). The molecule has 0 amide bonds. The molecule has 3 aliphatic rings. The van der Waals surface area contributed by atoms with Gasteiger partial charge >= 0.3 is 0 Å². The SMILES string of the molecule is c1ccc(-c2ccc3c(c2)Oc2cc(-c4ccccc4)ccc2N3c2ccc3c(c2)-c2ccccc2C32c3ccccc3-c3oc4ccccc4c32)cc1. The normalized spacial score (nSPS) is 15.6. The molecule has 1 spiro atoms. The van der Waals surface area contributed by atoms with Gasteiger partial charge in [-0.2, -0.15) is 0 Å². The summed E-state index contributed by atoms with van der Waals surface area (Å²) in [6.07, 6.45) is 0. The van der Waals surface area contributed by atoms with Gasteiger partial charge in [-0.15, -0.1) is 0 Å². The van der Waals surface area contributed by atoms with Crippen molar-refractivity contribution in [3.63, 3.8) is 0 Å². The molecule has 2 heterocycles. The van der Waals surface area contributed by atoms with Gasteiger partial charge in [-0.25, -0.2) is 0 Å². The van der Waals surface area contributed by atoms with Crippen LogP contribution < -0.4 is 9.64 Å². The fraction of sp³-hybridized carbons (Fsp3) is 0.0196. The van der Waals surface area contributed by atoms with E-state index in [1.165, 1.54) is 33.4 Å². The molecule has 1 atom stereocenters. The van der Waals surface area contributed by atoms with E-state index in [4.69, 9.17) is 9.15 Å². The molecule has 252 valence electrons.